The van der Waals surface area contributed by atoms with E-state index in [4.69, 9.17) is 16.3 Å². The number of carbonyl (C=O) groups is 2. The lowest BCUT2D eigenvalue weighted by Gasteiger charge is -2.33. The Hall–Kier alpha value is -2.53. The molecular weight excluding hydrogens is 424 g/mol. The summed E-state index contributed by atoms with van der Waals surface area (Å²) in [6, 6.07) is 14.7. The monoisotopic (exact) mass is 458 g/mol. The third kappa shape index (κ3) is 8.54. The van der Waals surface area contributed by atoms with Gasteiger partial charge in [-0.15, -0.1) is 0 Å². The summed E-state index contributed by atoms with van der Waals surface area (Å²) in [6.45, 7) is 10.6. The molecule has 1 atom stereocenters. The first-order valence-corrected chi connectivity index (χ1v) is 11.5. The van der Waals surface area contributed by atoms with Gasteiger partial charge in [0.05, 0.1) is 6.61 Å². The second kappa shape index (κ2) is 11.9. The molecule has 32 heavy (non-hydrogen) atoms. The van der Waals surface area contributed by atoms with Crippen LogP contribution in [0, 0.1) is 6.92 Å². The Morgan fingerprint density at radius 1 is 1.06 bits per heavy atom. The van der Waals surface area contributed by atoms with E-state index in [0.29, 0.717) is 37.4 Å². The molecule has 6 heteroatoms. The van der Waals surface area contributed by atoms with Gasteiger partial charge in [0.2, 0.25) is 11.8 Å². The molecule has 5 nitrogen and oxygen atoms in total. The van der Waals surface area contributed by atoms with E-state index in [-0.39, 0.29) is 17.4 Å². The maximum Gasteiger partial charge on any atom is 0.243 e. The zero-order valence-corrected chi connectivity index (χ0v) is 20.5. The van der Waals surface area contributed by atoms with E-state index in [2.05, 4.69) is 5.32 Å². The van der Waals surface area contributed by atoms with Gasteiger partial charge in [-0.2, -0.15) is 0 Å². The SMILES string of the molecule is CCC(C(=O)NC(C)(C)C)N(Cc1ccc(Cl)cc1)C(=O)CCCOc1ccc(C)cc1. The normalized spacial score (nSPS) is 12.2. The molecule has 2 aromatic rings. The lowest BCUT2D eigenvalue weighted by molar-refractivity contribution is -0.142. The van der Waals surface area contributed by atoms with Crippen LogP contribution in [-0.4, -0.2) is 34.9 Å². The molecule has 2 amide bonds. The van der Waals surface area contributed by atoms with Crippen molar-refractivity contribution in [1.82, 2.24) is 10.2 Å². The molecule has 0 aliphatic rings. The largest absolute Gasteiger partial charge is 0.494 e. The second-order valence-electron chi connectivity index (χ2n) is 9.08. The number of ether oxygens (including phenoxy) is 1. The summed E-state index contributed by atoms with van der Waals surface area (Å²) in [4.78, 5) is 27.9. The molecule has 2 rings (SSSR count). The number of rotatable bonds is 10. The Balaban J connectivity index is 2.07. The van der Waals surface area contributed by atoms with Crippen molar-refractivity contribution in [2.24, 2.45) is 0 Å². The lowest BCUT2D eigenvalue weighted by Crippen LogP contribution is -2.53. The lowest BCUT2D eigenvalue weighted by atomic mass is 10.0. The third-order valence-electron chi connectivity index (χ3n) is 4.97. The summed E-state index contributed by atoms with van der Waals surface area (Å²) in [6.07, 6.45) is 1.40. The zero-order chi connectivity index (χ0) is 23.7. The van der Waals surface area contributed by atoms with Gasteiger partial charge in [-0.1, -0.05) is 48.4 Å². The minimum absolute atomic E-state index is 0.0663. The first kappa shape index (κ1) is 25.7. The first-order valence-electron chi connectivity index (χ1n) is 11.1. The fraction of sp³-hybridized carbons (Fsp3) is 0.462. The molecule has 1 unspecified atom stereocenters. The highest BCUT2D eigenvalue weighted by atomic mass is 35.5. The predicted molar refractivity (Wildman–Crippen MR) is 130 cm³/mol. The molecule has 0 saturated carbocycles. The fourth-order valence-corrected chi connectivity index (χ4v) is 3.48. The number of aryl methyl sites for hydroxylation is 1. The average molecular weight is 459 g/mol. The summed E-state index contributed by atoms with van der Waals surface area (Å²) in [5.74, 6) is 0.582. The van der Waals surface area contributed by atoms with E-state index in [1.54, 1.807) is 17.0 Å². The number of amides is 2. The van der Waals surface area contributed by atoms with Crippen molar-refractivity contribution in [2.45, 2.75) is 72.0 Å². The molecule has 1 N–H and O–H groups in total. The number of nitrogens with one attached hydrogen (secondary N) is 1. The summed E-state index contributed by atoms with van der Waals surface area (Å²) in [5.41, 5.74) is 1.73. The van der Waals surface area contributed by atoms with Crippen molar-refractivity contribution in [2.75, 3.05) is 6.61 Å². The van der Waals surface area contributed by atoms with Gasteiger partial charge in [0.25, 0.3) is 0 Å². The molecule has 0 aliphatic carbocycles. The molecule has 0 saturated heterocycles. The van der Waals surface area contributed by atoms with Gasteiger partial charge in [-0.25, -0.2) is 0 Å². The molecule has 0 radical (unpaired) electrons. The Morgan fingerprint density at radius 2 is 1.69 bits per heavy atom. The van der Waals surface area contributed by atoms with Crippen LogP contribution in [-0.2, 0) is 16.1 Å². The molecule has 174 valence electrons. The molecule has 2 aromatic carbocycles. The summed E-state index contributed by atoms with van der Waals surface area (Å²) >= 11 is 6.01. The standard InChI is InChI=1S/C26H35ClN2O3/c1-6-23(25(31)28-26(3,4)5)29(18-20-11-13-21(27)14-12-20)24(30)8-7-17-32-22-15-9-19(2)10-16-22/h9-16,23H,6-8,17-18H2,1-5H3,(H,28,31). The van der Waals surface area contributed by atoms with Crippen LogP contribution in [0.3, 0.4) is 0 Å². The van der Waals surface area contributed by atoms with Crippen LogP contribution >= 0.6 is 11.6 Å². The number of hydrogen-bond donors (Lipinski definition) is 1. The van der Waals surface area contributed by atoms with Crippen molar-refractivity contribution in [3.05, 3.63) is 64.7 Å². The smallest absolute Gasteiger partial charge is 0.243 e. The maximum atomic E-state index is 13.2. The van der Waals surface area contributed by atoms with Crippen LogP contribution in [0.1, 0.15) is 58.1 Å². The third-order valence-corrected chi connectivity index (χ3v) is 5.23. The number of halogens is 1. The van der Waals surface area contributed by atoms with Crippen LogP contribution in [0.25, 0.3) is 0 Å². The molecule has 0 bridgehead atoms. The van der Waals surface area contributed by atoms with Crippen molar-refractivity contribution in [3.63, 3.8) is 0 Å². The van der Waals surface area contributed by atoms with Gasteiger partial charge in [0, 0.05) is 23.5 Å². The van der Waals surface area contributed by atoms with Gasteiger partial charge >= 0.3 is 0 Å². The van der Waals surface area contributed by atoms with Gasteiger partial charge < -0.3 is 15.0 Å². The predicted octanol–water partition coefficient (Wildman–Crippen LogP) is 5.53. The molecule has 0 spiro atoms. The quantitative estimate of drug-likeness (QED) is 0.476. The molecule has 0 aliphatic heterocycles. The Labute approximate surface area is 197 Å². The van der Waals surface area contributed by atoms with Crippen molar-refractivity contribution < 1.29 is 14.3 Å². The number of carbonyl (C=O) groups excluding carboxylic acids is 2. The van der Waals surface area contributed by atoms with E-state index in [0.717, 1.165) is 11.3 Å². The van der Waals surface area contributed by atoms with Crippen LogP contribution in [0.4, 0.5) is 0 Å². The fourth-order valence-electron chi connectivity index (χ4n) is 3.35. The molecule has 0 heterocycles. The molecule has 0 fully saturated rings. The van der Waals surface area contributed by atoms with E-state index >= 15 is 0 Å². The first-order chi connectivity index (χ1) is 15.1. The number of nitrogens with zero attached hydrogens (tertiary/aromatic N) is 1. The van der Waals surface area contributed by atoms with Gasteiger partial charge in [-0.3, -0.25) is 9.59 Å². The van der Waals surface area contributed by atoms with E-state index in [1.807, 2.05) is 71.0 Å². The second-order valence-corrected chi connectivity index (χ2v) is 9.51. The topological polar surface area (TPSA) is 58.6 Å². The minimum atomic E-state index is -0.546. The number of benzene rings is 2. The highest BCUT2D eigenvalue weighted by Gasteiger charge is 2.30. The number of hydrogen-bond acceptors (Lipinski definition) is 3. The van der Waals surface area contributed by atoms with Crippen molar-refractivity contribution in [1.29, 1.82) is 0 Å². The minimum Gasteiger partial charge on any atom is -0.494 e. The Kier molecular flexibility index (Phi) is 9.58. The van der Waals surface area contributed by atoms with E-state index in [1.165, 1.54) is 5.56 Å². The van der Waals surface area contributed by atoms with Gasteiger partial charge in [-0.05, 0) is 70.4 Å². The zero-order valence-electron chi connectivity index (χ0n) is 19.8. The highest BCUT2D eigenvalue weighted by molar-refractivity contribution is 6.30. The van der Waals surface area contributed by atoms with Crippen LogP contribution < -0.4 is 10.1 Å². The summed E-state index contributed by atoms with van der Waals surface area (Å²) in [7, 11) is 0. The molecular formula is C26H35ClN2O3. The Morgan fingerprint density at radius 3 is 2.25 bits per heavy atom. The van der Waals surface area contributed by atoms with Crippen LogP contribution in [0.15, 0.2) is 48.5 Å². The van der Waals surface area contributed by atoms with Crippen molar-refractivity contribution in [3.8, 4) is 5.75 Å². The highest BCUT2D eigenvalue weighted by Crippen LogP contribution is 2.18. The van der Waals surface area contributed by atoms with Crippen LogP contribution in [0.2, 0.25) is 5.02 Å². The molecule has 0 aromatic heterocycles. The van der Waals surface area contributed by atoms with Gasteiger partial charge in [0.1, 0.15) is 11.8 Å². The summed E-state index contributed by atoms with van der Waals surface area (Å²) in [5, 5.41) is 3.65. The summed E-state index contributed by atoms with van der Waals surface area (Å²) < 4.78 is 5.76. The van der Waals surface area contributed by atoms with Gasteiger partial charge in [0.15, 0.2) is 0 Å². The van der Waals surface area contributed by atoms with E-state index < -0.39 is 6.04 Å². The Bertz CT molecular complexity index is 873. The van der Waals surface area contributed by atoms with Crippen molar-refractivity contribution >= 4 is 23.4 Å². The average Bonchev–Trinajstić information content (AvgIpc) is 2.72. The van der Waals surface area contributed by atoms with E-state index in [9.17, 15) is 9.59 Å². The van der Waals surface area contributed by atoms with Crippen LogP contribution in [0.5, 0.6) is 5.75 Å². The maximum absolute atomic E-state index is 13.2.